The average Bonchev–Trinajstić information content (AvgIpc) is 2.38. The molecule has 0 amide bonds. The van der Waals surface area contributed by atoms with Crippen LogP contribution in [0.4, 0.5) is 5.82 Å². The Morgan fingerprint density at radius 2 is 1.94 bits per heavy atom. The first-order valence-corrected chi connectivity index (χ1v) is 7.43. The molecule has 0 atom stereocenters. The van der Waals surface area contributed by atoms with Crippen LogP contribution in [0.5, 0.6) is 0 Å². The van der Waals surface area contributed by atoms with Crippen molar-refractivity contribution in [2.45, 2.75) is 0 Å². The molecule has 0 unspecified atom stereocenters. The lowest BCUT2D eigenvalue weighted by Gasteiger charge is -2.33. The van der Waals surface area contributed by atoms with Crippen molar-refractivity contribution in [2.24, 2.45) is 0 Å². The lowest BCUT2D eigenvalue weighted by Crippen LogP contribution is -2.48. The van der Waals surface area contributed by atoms with E-state index >= 15 is 0 Å². The van der Waals surface area contributed by atoms with Crippen molar-refractivity contribution in [2.75, 3.05) is 37.3 Å². The zero-order valence-electron chi connectivity index (χ0n) is 10.1. The van der Waals surface area contributed by atoms with E-state index in [2.05, 4.69) is 4.98 Å². The molecule has 0 aromatic carbocycles. The molecule has 7 heteroatoms. The summed E-state index contributed by atoms with van der Waals surface area (Å²) in [5, 5.41) is 8.79. The van der Waals surface area contributed by atoms with Gasteiger partial charge in [-0.3, -0.25) is 0 Å². The van der Waals surface area contributed by atoms with Crippen molar-refractivity contribution in [1.29, 1.82) is 5.26 Å². The van der Waals surface area contributed by atoms with Crippen molar-refractivity contribution >= 4 is 15.8 Å². The van der Waals surface area contributed by atoms with E-state index in [0.717, 1.165) is 5.82 Å². The van der Waals surface area contributed by atoms with E-state index in [1.807, 2.05) is 17.0 Å². The van der Waals surface area contributed by atoms with E-state index in [1.54, 1.807) is 12.1 Å². The number of piperazine rings is 1. The van der Waals surface area contributed by atoms with Gasteiger partial charge in [-0.2, -0.15) is 9.57 Å². The molecule has 0 bridgehead atoms. The Hall–Kier alpha value is -1.65. The maximum absolute atomic E-state index is 11.4. The van der Waals surface area contributed by atoms with Crippen LogP contribution in [0.15, 0.2) is 18.2 Å². The predicted molar refractivity (Wildman–Crippen MR) is 67.6 cm³/mol. The Bertz CT molecular complexity index is 571. The number of rotatable bonds is 2. The molecule has 1 aromatic heterocycles. The standard InChI is InChI=1S/C11H14N4O2S/c1-18(16,17)15-7-5-14(6-8-15)11-4-2-3-10(9-12)13-11/h2-4H,5-8H2,1H3. The maximum Gasteiger partial charge on any atom is 0.211 e. The molecule has 18 heavy (non-hydrogen) atoms. The molecule has 1 saturated heterocycles. The fraction of sp³-hybridized carbons (Fsp3) is 0.455. The first-order chi connectivity index (χ1) is 8.50. The summed E-state index contributed by atoms with van der Waals surface area (Å²) in [7, 11) is -3.11. The average molecular weight is 266 g/mol. The van der Waals surface area contributed by atoms with Crippen LogP contribution in [-0.2, 0) is 10.0 Å². The van der Waals surface area contributed by atoms with Crippen LogP contribution in [0, 0.1) is 11.3 Å². The number of sulfonamides is 1. The molecule has 0 N–H and O–H groups in total. The van der Waals surface area contributed by atoms with Gasteiger partial charge in [0.1, 0.15) is 17.6 Å². The highest BCUT2D eigenvalue weighted by Gasteiger charge is 2.23. The second-order valence-corrected chi connectivity index (χ2v) is 6.12. The highest BCUT2D eigenvalue weighted by atomic mass is 32.2. The summed E-state index contributed by atoms with van der Waals surface area (Å²) in [4.78, 5) is 6.19. The first-order valence-electron chi connectivity index (χ1n) is 5.58. The summed E-state index contributed by atoms with van der Waals surface area (Å²) in [6.45, 7) is 2.10. The van der Waals surface area contributed by atoms with Gasteiger partial charge in [0.05, 0.1) is 6.26 Å². The third-order valence-corrected chi connectivity index (χ3v) is 4.18. The number of hydrogen-bond acceptors (Lipinski definition) is 5. The van der Waals surface area contributed by atoms with Gasteiger partial charge in [-0.1, -0.05) is 6.07 Å². The summed E-state index contributed by atoms with van der Waals surface area (Å²) < 4.78 is 24.2. The minimum absolute atomic E-state index is 0.373. The molecule has 6 nitrogen and oxygen atoms in total. The molecular formula is C11H14N4O2S. The minimum Gasteiger partial charge on any atom is -0.354 e. The predicted octanol–water partition coefficient (Wildman–Crippen LogP) is 0.0349. The lowest BCUT2D eigenvalue weighted by atomic mass is 10.3. The highest BCUT2D eigenvalue weighted by Crippen LogP contribution is 2.15. The highest BCUT2D eigenvalue weighted by molar-refractivity contribution is 7.88. The van der Waals surface area contributed by atoms with Gasteiger partial charge in [-0.05, 0) is 12.1 Å². The first kappa shape index (κ1) is 12.8. The summed E-state index contributed by atoms with van der Waals surface area (Å²) in [6.07, 6.45) is 1.22. The van der Waals surface area contributed by atoms with Crippen molar-refractivity contribution in [1.82, 2.24) is 9.29 Å². The lowest BCUT2D eigenvalue weighted by molar-refractivity contribution is 0.387. The third kappa shape index (κ3) is 2.78. The van der Waals surface area contributed by atoms with Crippen molar-refractivity contribution in [3.05, 3.63) is 23.9 Å². The summed E-state index contributed by atoms with van der Waals surface area (Å²) in [5.74, 6) is 0.724. The van der Waals surface area contributed by atoms with Crippen LogP contribution in [0.2, 0.25) is 0 Å². The Morgan fingerprint density at radius 3 is 2.50 bits per heavy atom. The molecule has 1 aliphatic heterocycles. The van der Waals surface area contributed by atoms with E-state index in [4.69, 9.17) is 5.26 Å². The van der Waals surface area contributed by atoms with Gasteiger partial charge in [0.25, 0.3) is 0 Å². The number of nitriles is 1. The SMILES string of the molecule is CS(=O)(=O)N1CCN(c2cccc(C#N)n2)CC1. The molecular weight excluding hydrogens is 252 g/mol. The van der Waals surface area contributed by atoms with Crippen LogP contribution >= 0.6 is 0 Å². The zero-order valence-corrected chi connectivity index (χ0v) is 10.9. The molecule has 1 aliphatic rings. The Kier molecular flexibility index (Phi) is 3.50. The topological polar surface area (TPSA) is 77.3 Å². The molecule has 0 aliphatic carbocycles. The van der Waals surface area contributed by atoms with Gasteiger partial charge in [-0.25, -0.2) is 13.4 Å². The molecule has 1 fully saturated rings. The second-order valence-electron chi connectivity index (χ2n) is 4.14. The molecule has 1 aromatic rings. The molecule has 2 rings (SSSR count). The molecule has 2 heterocycles. The zero-order chi connectivity index (χ0) is 13.2. The van der Waals surface area contributed by atoms with Gasteiger partial charge in [0, 0.05) is 26.2 Å². The van der Waals surface area contributed by atoms with E-state index in [0.29, 0.717) is 31.9 Å². The van der Waals surface area contributed by atoms with E-state index < -0.39 is 10.0 Å². The molecule has 0 spiro atoms. The fourth-order valence-corrected chi connectivity index (χ4v) is 2.74. The summed E-state index contributed by atoms with van der Waals surface area (Å²) in [6, 6.07) is 7.26. The van der Waals surface area contributed by atoms with E-state index in [-0.39, 0.29) is 0 Å². The number of anilines is 1. The fourth-order valence-electron chi connectivity index (χ4n) is 1.91. The van der Waals surface area contributed by atoms with Gasteiger partial charge in [-0.15, -0.1) is 0 Å². The van der Waals surface area contributed by atoms with Crippen LogP contribution < -0.4 is 4.90 Å². The van der Waals surface area contributed by atoms with E-state index in [9.17, 15) is 8.42 Å². The van der Waals surface area contributed by atoms with Crippen molar-refractivity contribution in [3.8, 4) is 6.07 Å². The smallest absolute Gasteiger partial charge is 0.211 e. The number of aromatic nitrogens is 1. The molecule has 0 saturated carbocycles. The van der Waals surface area contributed by atoms with Crippen LogP contribution in [0.1, 0.15) is 5.69 Å². The molecule has 96 valence electrons. The third-order valence-electron chi connectivity index (χ3n) is 2.88. The van der Waals surface area contributed by atoms with E-state index in [1.165, 1.54) is 10.6 Å². The summed E-state index contributed by atoms with van der Waals surface area (Å²) >= 11 is 0. The van der Waals surface area contributed by atoms with Gasteiger partial charge < -0.3 is 4.90 Å². The Morgan fingerprint density at radius 1 is 1.28 bits per heavy atom. The van der Waals surface area contributed by atoms with Crippen molar-refractivity contribution in [3.63, 3.8) is 0 Å². The number of hydrogen-bond donors (Lipinski definition) is 0. The maximum atomic E-state index is 11.4. The normalized spacial score (nSPS) is 17.4. The van der Waals surface area contributed by atoms with Gasteiger partial charge in [0.15, 0.2) is 0 Å². The monoisotopic (exact) mass is 266 g/mol. The van der Waals surface area contributed by atoms with Crippen LogP contribution in [-0.4, -0.2) is 50.1 Å². The van der Waals surface area contributed by atoms with Crippen LogP contribution in [0.3, 0.4) is 0 Å². The largest absolute Gasteiger partial charge is 0.354 e. The quantitative estimate of drug-likeness (QED) is 0.755. The van der Waals surface area contributed by atoms with Crippen molar-refractivity contribution < 1.29 is 8.42 Å². The Labute approximate surface area is 107 Å². The van der Waals surface area contributed by atoms with Crippen LogP contribution in [0.25, 0.3) is 0 Å². The molecule has 0 radical (unpaired) electrons. The Balaban J connectivity index is 2.08. The van der Waals surface area contributed by atoms with Gasteiger partial charge in [0.2, 0.25) is 10.0 Å². The second kappa shape index (κ2) is 4.92. The minimum atomic E-state index is -3.11. The van der Waals surface area contributed by atoms with Gasteiger partial charge >= 0.3 is 0 Å². The number of nitrogens with zero attached hydrogens (tertiary/aromatic N) is 4. The summed E-state index contributed by atoms with van der Waals surface area (Å²) in [5.41, 5.74) is 0.373. The number of pyridine rings is 1.